The molecule has 0 radical (unpaired) electrons. The van der Waals surface area contributed by atoms with Crippen molar-refractivity contribution in [1.29, 1.82) is 0 Å². The van der Waals surface area contributed by atoms with Crippen molar-refractivity contribution >= 4 is 20.6 Å². The summed E-state index contributed by atoms with van der Waals surface area (Å²) < 4.78 is 13.2. The van der Waals surface area contributed by atoms with Gasteiger partial charge < -0.3 is 14.0 Å². The Bertz CT molecular complexity index is 984. The van der Waals surface area contributed by atoms with Crippen LogP contribution in [0.25, 0.3) is 17.2 Å². The lowest BCUT2D eigenvalue weighted by Gasteiger charge is -2.52. The number of aliphatic carboxylic acids is 1. The van der Waals surface area contributed by atoms with Crippen molar-refractivity contribution in [3.63, 3.8) is 0 Å². The third-order valence-electron chi connectivity index (χ3n) is 6.78. The molecule has 1 aliphatic heterocycles. The monoisotopic (exact) mass is 480 g/mol. The van der Waals surface area contributed by atoms with E-state index in [9.17, 15) is 4.79 Å². The van der Waals surface area contributed by atoms with Gasteiger partial charge in [0.25, 0.3) is 0 Å². The first-order valence-corrected chi connectivity index (χ1v) is 14.0. The summed E-state index contributed by atoms with van der Waals surface area (Å²) in [4.78, 5) is 11.0. The highest BCUT2D eigenvalue weighted by molar-refractivity contribution is 6.73. The Labute approximate surface area is 206 Å². The molecular weight excluding hydrogens is 440 g/mol. The molecule has 0 amide bonds. The predicted octanol–water partition coefficient (Wildman–Crippen LogP) is 7.48. The molecule has 0 bridgehead atoms. The predicted molar refractivity (Wildman–Crippen MR) is 142 cm³/mol. The fraction of sp³-hybridized carbons (Fsp3) is 0.483. The number of benzene rings is 2. The number of carboxylic acids is 1. The lowest BCUT2D eigenvalue weighted by Crippen LogP contribution is -2.61. The summed E-state index contributed by atoms with van der Waals surface area (Å²) in [5.74, 6) is -0.462. The van der Waals surface area contributed by atoms with E-state index < -0.39 is 14.5 Å². The normalized spacial score (nSPS) is 17.6. The van der Waals surface area contributed by atoms with E-state index in [0.29, 0.717) is 11.5 Å². The summed E-state index contributed by atoms with van der Waals surface area (Å²) in [5.41, 5.74) is 4.82. The first-order chi connectivity index (χ1) is 15.8. The minimum Gasteiger partial charge on any atom is -0.478 e. The Morgan fingerprint density at radius 1 is 0.912 bits per heavy atom. The van der Waals surface area contributed by atoms with Crippen LogP contribution in [0.2, 0.25) is 10.1 Å². The van der Waals surface area contributed by atoms with Crippen molar-refractivity contribution in [1.82, 2.24) is 0 Å². The van der Waals surface area contributed by atoms with Gasteiger partial charge in [0.15, 0.2) is 0 Å². The van der Waals surface area contributed by atoms with Gasteiger partial charge in [0.2, 0.25) is 0 Å². The number of carboxylic acid groups (broad SMARTS) is 1. The van der Waals surface area contributed by atoms with E-state index in [0.717, 1.165) is 42.7 Å². The molecule has 3 rings (SSSR count). The molecule has 2 aromatic carbocycles. The second-order valence-corrected chi connectivity index (χ2v) is 16.4. The molecule has 1 N–H and O–H groups in total. The molecule has 2 aromatic rings. The molecule has 1 fully saturated rings. The van der Waals surface area contributed by atoms with Crippen LogP contribution in [-0.4, -0.2) is 32.9 Å². The lowest BCUT2D eigenvalue weighted by atomic mass is 9.98. The number of hydrogen-bond donors (Lipinski definition) is 1. The number of hydrogen-bond acceptors (Lipinski definition) is 3. The van der Waals surface area contributed by atoms with Crippen LogP contribution in [0.15, 0.2) is 54.1 Å². The standard InChI is InChI=1S/C29H40O4Si/c1-21(27(30)31)18-23-12-16-26(17-13-23)25-14-10-22(11-15-25)8-9-24-19-32-34(33-20-24,28(2,3)4)29(5,6)7/h10-18,24H,8-9,19-20H2,1-7H3,(H,30,31). The van der Waals surface area contributed by atoms with Gasteiger partial charge in [-0.1, -0.05) is 90.1 Å². The molecule has 0 unspecified atom stereocenters. The van der Waals surface area contributed by atoms with Crippen LogP contribution < -0.4 is 0 Å². The van der Waals surface area contributed by atoms with Crippen molar-refractivity contribution in [3.8, 4) is 11.1 Å². The number of carbonyl (C=O) groups is 1. The van der Waals surface area contributed by atoms with Crippen molar-refractivity contribution in [2.24, 2.45) is 5.92 Å². The Hall–Kier alpha value is -2.21. The Balaban J connectivity index is 1.57. The largest absolute Gasteiger partial charge is 0.478 e. The first kappa shape index (κ1) is 26.4. The van der Waals surface area contributed by atoms with Crippen LogP contribution in [0.3, 0.4) is 0 Å². The molecule has 0 spiro atoms. The maximum atomic E-state index is 11.0. The SMILES string of the molecule is CC(=Cc1ccc(-c2ccc(CCC3CO[Si](C(C)(C)C)(C(C)(C)C)OC3)cc2)cc1)C(=O)O. The van der Waals surface area contributed by atoms with Crippen LogP contribution in [-0.2, 0) is 20.1 Å². The average molecular weight is 481 g/mol. The summed E-state index contributed by atoms with van der Waals surface area (Å²) in [5, 5.41) is 9.11. The van der Waals surface area contributed by atoms with Crippen LogP contribution >= 0.6 is 0 Å². The molecule has 1 heterocycles. The van der Waals surface area contributed by atoms with Gasteiger partial charge in [-0.25, -0.2) is 4.79 Å². The van der Waals surface area contributed by atoms with E-state index in [2.05, 4.69) is 65.8 Å². The summed E-state index contributed by atoms with van der Waals surface area (Å²) in [7, 11) is -2.33. The summed E-state index contributed by atoms with van der Waals surface area (Å²) >= 11 is 0. The van der Waals surface area contributed by atoms with Crippen molar-refractivity contribution in [2.45, 2.75) is 71.4 Å². The third kappa shape index (κ3) is 5.88. The minimum absolute atomic E-state index is 0.0373. The zero-order chi connectivity index (χ0) is 25.1. The van der Waals surface area contributed by atoms with Crippen molar-refractivity contribution < 1.29 is 18.8 Å². The van der Waals surface area contributed by atoms with E-state index in [1.165, 1.54) is 5.56 Å². The maximum Gasteiger partial charge on any atom is 0.349 e. The quantitative estimate of drug-likeness (QED) is 0.344. The smallest absolute Gasteiger partial charge is 0.349 e. The highest BCUT2D eigenvalue weighted by Gasteiger charge is 2.59. The summed E-state index contributed by atoms with van der Waals surface area (Å²) in [6.07, 6.45) is 3.75. The average Bonchev–Trinajstić information content (AvgIpc) is 2.77. The molecule has 184 valence electrons. The van der Waals surface area contributed by atoms with Gasteiger partial charge in [-0.2, -0.15) is 0 Å². The minimum atomic E-state index is -2.33. The molecule has 1 aliphatic rings. The molecule has 0 aliphatic carbocycles. The van der Waals surface area contributed by atoms with E-state index in [4.69, 9.17) is 14.0 Å². The van der Waals surface area contributed by atoms with Gasteiger partial charge in [-0.15, -0.1) is 0 Å². The maximum absolute atomic E-state index is 11.0. The molecule has 4 nitrogen and oxygen atoms in total. The zero-order valence-corrected chi connectivity index (χ0v) is 22.8. The lowest BCUT2D eigenvalue weighted by molar-refractivity contribution is -0.132. The highest BCUT2D eigenvalue weighted by atomic mass is 28.4. The van der Waals surface area contributed by atoms with Crippen LogP contribution in [0.5, 0.6) is 0 Å². The summed E-state index contributed by atoms with van der Waals surface area (Å²) in [6, 6.07) is 16.7. The van der Waals surface area contributed by atoms with Crippen LogP contribution in [0, 0.1) is 5.92 Å². The van der Waals surface area contributed by atoms with Gasteiger partial charge in [0, 0.05) is 34.8 Å². The highest BCUT2D eigenvalue weighted by Crippen LogP contribution is 2.53. The van der Waals surface area contributed by atoms with Gasteiger partial charge in [-0.3, -0.25) is 0 Å². The van der Waals surface area contributed by atoms with Crippen LogP contribution in [0.1, 0.15) is 66.0 Å². The Morgan fingerprint density at radius 3 is 1.82 bits per heavy atom. The molecule has 5 heteroatoms. The number of rotatable bonds is 6. The van der Waals surface area contributed by atoms with Crippen LogP contribution in [0.4, 0.5) is 0 Å². The van der Waals surface area contributed by atoms with Gasteiger partial charge in [-0.05, 0) is 48.1 Å². The molecule has 0 aromatic heterocycles. The second kappa shape index (κ2) is 10.2. The third-order valence-corrected chi connectivity index (χ3v) is 11.9. The van der Waals surface area contributed by atoms with E-state index in [-0.39, 0.29) is 10.1 Å². The second-order valence-electron chi connectivity index (χ2n) is 11.6. The molecule has 34 heavy (non-hydrogen) atoms. The fourth-order valence-corrected chi connectivity index (χ4v) is 10.0. The van der Waals surface area contributed by atoms with Crippen molar-refractivity contribution in [3.05, 3.63) is 65.2 Å². The topological polar surface area (TPSA) is 55.8 Å². The Kier molecular flexibility index (Phi) is 7.91. The molecule has 0 saturated carbocycles. The zero-order valence-electron chi connectivity index (χ0n) is 21.8. The Morgan fingerprint density at radius 2 is 1.38 bits per heavy atom. The van der Waals surface area contributed by atoms with E-state index in [1.807, 2.05) is 24.3 Å². The molecule has 1 saturated heterocycles. The fourth-order valence-electron chi connectivity index (χ4n) is 5.04. The van der Waals surface area contributed by atoms with Gasteiger partial charge in [0.05, 0.1) is 0 Å². The molecular formula is C29H40O4Si. The van der Waals surface area contributed by atoms with Gasteiger partial charge in [0.1, 0.15) is 0 Å². The van der Waals surface area contributed by atoms with Crippen molar-refractivity contribution in [2.75, 3.05) is 13.2 Å². The molecule has 0 atom stereocenters. The van der Waals surface area contributed by atoms with E-state index >= 15 is 0 Å². The number of aryl methyl sites for hydroxylation is 1. The first-order valence-electron chi connectivity index (χ1n) is 12.2. The van der Waals surface area contributed by atoms with Gasteiger partial charge >= 0.3 is 14.5 Å². The van der Waals surface area contributed by atoms with E-state index in [1.54, 1.807) is 13.0 Å². The summed E-state index contributed by atoms with van der Waals surface area (Å²) in [6.45, 7) is 16.7.